The Bertz CT molecular complexity index is 1240. The smallest absolute Gasteiger partial charge is 0.407 e. The van der Waals surface area contributed by atoms with E-state index < -0.39 is 34.1 Å². The summed E-state index contributed by atoms with van der Waals surface area (Å²) >= 11 is 0. The van der Waals surface area contributed by atoms with Crippen LogP contribution < -0.4 is 0 Å². The molecule has 0 aromatic heterocycles. The Morgan fingerprint density at radius 3 is 1.92 bits per heavy atom. The van der Waals surface area contributed by atoms with Crippen molar-refractivity contribution < 1.29 is 27.8 Å². The number of hydrogen-bond acceptors (Lipinski definition) is 4. The second kappa shape index (κ2) is 12.8. The van der Waals surface area contributed by atoms with Crippen molar-refractivity contribution >= 4 is 16.1 Å². The molecule has 0 radical (unpaired) electrons. The zero-order chi connectivity index (χ0) is 27.0. The van der Waals surface area contributed by atoms with Crippen LogP contribution in [-0.4, -0.2) is 59.2 Å². The minimum atomic E-state index is -4.08. The average molecular weight is 529 g/mol. The lowest BCUT2D eigenvalue weighted by Gasteiger charge is -2.36. The van der Waals surface area contributed by atoms with Crippen LogP contribution in [0.4, 0.5) is 9.18 Å². The van der Waals surface area contributed by atoms with Gasteiger partial charge in [0.25, 0.3) is 0 Å². The molecule has 2 atom stereocenters. The van der Waals surface area contributed by atoms with Crippen LogP contribution in [0.3, 0.4) is 0 Å². The van der Waals surface area contributed by atoms with Gasteiger partial charge >= 0.3 is 6.09 Å². The number of hydrogen-bond donors (Lipinski definition) is 2. The molecule has 1 amide bonds. The van der Waals surface area contributed by atoms with Crippen molar-refractivity contribution in [1.82, 2.24) is 9.21 Å². The third kappa shape index (κ3) is 7.85. The molecule has 3 aromatic carbocycles. The van der Waals surface area contributed by atoms with Gasteiger partial charge in [-0.05, 0) is 47.7 Å². The maximum absolute atomic E-state index is 13.5. The molecular formula is C28H33FN2O5S. The summed E-state index contributed by atoms with van der Waals surface area (Å²) in [6.07, 6.45) is -2.37. The largest absolute Gasteiger partial charge is 0.465 e. The minimum Gasteiger partial charge on any atom is -0.465 e. The van der Waals surface area contributed by atoms with Crippen molar-refractivity contribution in [2.75, 3.05) is 13.1 Å². The SMILES string of the molecule is CC(C)CN(C[C@@H](O)C(Cc1ccccc1)N(Cc1ccccc1)C(=O)O)S(=O)(=O)c1ccc(F)cc1. The first-order valence-electron chi connectivity index (χ1n) is 12.1. The quantitative estimate of drug-likeness (QED) is 0.357. The molecule has 2 N–H and O–H groups in total. The number of benzene rings is 3. The molecule has 9 heteroatoms. The summed E-state index contributed by atoms with van der Waals surface area (Å²) in [5, 5.41) is 21.6. The highest BCUT2D eigenvalue weighted by Crippen LogP contribution is 2.22. The number of aliphatic hydroxyl groups is 1. The number of sulfonamides is 1. The van der Waals surface area contributed by atoms with Crippen LogP contribution in [0.15, 0.2) is 89.8 Å². The summed E-state index contributed by atoms with van der Waals surface area (Å²) in [7, 11) is -4.08. The van der Waals surface area contributed by atoms with Crippen molar-refractivity contribution in [1.29, 1.82) is 0 Å². The summed E-state index contributed by atoms with van der Waals surface area (Å²) in [4.78, 5) is 13.5. The fourth-order valence-electron chi connectivity index (χ4n) is 4.18. The monoisotopic (exact) mass is 528 g/mol. The first kappa shape index (κ1) is 28.3. The maximum Gasteiger partial charge on any atom is 0.407 e. The highest BCUT2D eigenvalue weighted by Gasteiger charge is 2.35. The van der Waals surface area contributed by atoms with E-state index in [4.69, 9.17) is 0 Å². The van der Waals surface area contributed by atoms with Crippen LogP contribution in [0.2, 0.25) is 0 Å². The lowest BCUT2D eigenvalue weighted by Crippen LogP contribution is -2.52. The van der Waals surface area contributed by atoms with Gasteiger partial charge in [-0.3, -0.25) is 4.90 Å². The number of halogens is 1. The van der Waals surface area contributed by atoms with Crippen molar-refractivity contribution in [2.24, 2.45) is 5.92 Å². The van der Waals surface area contributed by atoms with E-state index in [0.29, 0.717) is 0 Å². The fraction of sp³-hybridized carbons (Fsp3) is 0.321. The van der Waals surface area contributed by atoms with E-state index in [-0.39, 0.29) is 36.9 Å². The van der Waals surface area contributed by atoms with Crippen molar-refractivity contribution in [3.05, 3.63) is 102 Å². The van der Waals surface area contributed by atoms with Gasteiger partial charge in [-0.15, -0.1) is 0 Å². The highest BCUT2D eigenvalue weighted by molar-refractivity contribution is 7.89. The molecule has 0 saturated heterocycles. The van der Waals surface area contributed by atoms with Gasteiger partial charge in [0.05, 0.1) is 17.0 Å². The number of nitrogens with zero attached hydrogens (tertiary/aromatic N) is 2. The predicted octanol–water partition coefficient (Wildman–Crippen LogP) is 4.62. The maximum atomic E-state index is 13.5. The molecule has 1 unspecified atom stereocenters. The second-order valence-corrected chi connectivity index (χ2v) is 11.3. The van der Waals surface area contributed by atoms with Gasteiger partial charge in [0.1, 0.15) is 5.82 Å². The minimum absolute atomic E-state index is 0.0274. The highest BCUT2D eigenvalue weighted by atomic mass is 32.2. The molecule has 0 aliphatic carbocycles. The summed E-state index contributed by atoms with van der Waals surface area (Å²) in [5.74, 6) is -0.634. The van der Waals surface area contributed by atoms with E-state index in [0.717, 1.165) is 32.5 Å². The first-order valence-corrected chi connectivity index (χ1v) is 13.5. The van der Waals surface area contributed by atoms with Gasteiger partial charge in [-0.2, -0.15) is 4.31 Å². The molecule has 0 saturated carbocycles. The Balaban J connectivity index is 1.96. The topological polar surface area (TPSA) is 98.2 Å². The Kier molecular flexibility index (Phi) is 9.79. The molecule has 0 spiro atoms. The molecule has 0 aliphatic heterocycles. The lowest BCUT2D eigenvalue weighted by atomic mass is 9.98. The van der Waals surface area contributed by atoms with Crippen LogP contribution in [0.1, 0.15) is 25.0 Å². The molecule has 0 aliphatic rings. The Morgan fingerprint density at radius 2 is 1.41 bits per heavy atom. The van der Waals surface area contributed by atoms with Crippen molar-refractivity contribution in [2.45, 2.75) is 43.9 Å². The normalized spacial score (nSPS) is 13.5. The number of rotatable bonds is 12. The molecule has 0 bridgehead atoms. The molecule has 7 nitrogen and oxygen atoms in total. The van der Waals surface area contributed by atoms with Crippen LogP contribution in [0.25, 0.3) is 0 Å². The van der Waals surface area contributed by atoms with E-state index in [9.17, 15) is 27.8 Å². The zero-order valence-corrected chi connectivity index (χ0v) is 21.8. The molecule has 198 valence electrons. The summed E-state index contributed by atoms with van der Waals surface area (Å²) < 4.78 is 41.5. The average Bonchev–Trinajstić information content (AvgIpc) is 2.86. The van der Waals surface area contributed by atoms with Gasteiger partial charge in [0.2, 0.25) is 10.0 Å². The lowest BCUT2D eigenvalue weighted by molar-refractivity contribution is 0.0337. The molecular weight excluding hydrogens is 495 g/mol. The second-order valence-electron chi connectivity index (χ2n) is 9.39. The van der Waals surface area contributed by atoms with E-state index in [1.807, 2.05) is 50.2 Å². The number of aliphatic hydroxyl groups excluding tert-OH is 1. The van der Waals surface area contributed by atoms with E-state index in [2.05, 4.69) is 0 Å². The zero-order valence-electron chi connectivity index (χ0n) is 20.9. The van der Waals surface area contributed by atoms with Crippen LogP contribution >= 0.6 is 0 Å². The number of carbonyl (C=O) groups is 1. The van der Waals surface area contributed by atoms with Crippen LogP contribution in [-0.2, 0) is 23.0 Å². The molecule has 3 aromatic rings. The Labute approximate surface area is 217 Å². The van der Waals surface area contributed by atoms with E-state index >= 15 is 0 Å². The molecule has 0 heterocycles. The van der Waals surface area contributed by atoms with Crippen LogP contribution in [0.5, 0.6) is 0 Å². The predicted molar refractivity (Wildman–Crippen MR) is 140 cm³/mol. The van der Waals surface area contributed by atoms with Crippen molar-refractivity contribution in [3.8, 4) is 0 Å². The Hall–Kier alpha value is -3.27. The number of carboxylic acid groups (broad SMARTS) is 1. The van der Waals surface area contributed by atoms with Crippen molar-refractivity contribution in [3.63, 3.8) is 0 Å². The summed E-state index contributed by atoms with van der Waals surface area (Å²) in [6, 6.07) is 21.8. The van der Waals surface area contributed by atoms with E-state index in [1.54, 1.807) is 24.3 Å². The van der Waals surface area contributed by atoms with Gasteiger partial charge in [-0.1, -0.05) is 74.5 Å². The van der Waals surface area contributed by atoms with Gasteiger partial charge in [-0.25, -0.2) is 17.6 Å². The molecule has 3 rings (SSSR count). The third-order valence-corrected chi connectivity index (χ3v) is 7.83. The van der Waals surface area contributed by atoms with Crippen LogP contribution in [0, 0.1) is 11.7 Å². The van der Waals surface area contributed by atoms with Gasteiger partial charge in [0, 0.05) is 19.6 Å². The first-order chi connectivity index (χ1) is 17.6. The summed E-state index contributed by atoms with van der Waals surface area (Å²) in [6.45, 7) is 3.49. The van der Waals surface area contributed by atoms with E-state index in [1.165, 1.54) is 12.1 Å². The summed E-state index contributed by atoms with van der Waals surface area (Å²) in [5.41, 5.74) is 1.55. The third-order valence-electron chi connectivity index (χ3n) is 5.98. The molecule has 0 fully saturated rings. The standard InChI is InChI=1S/C28H33FN2O5S/c1-21(2)18-30(37(35,36)25-15-13-24(29)14-16-25)20-27(32)26(17-22-9-5-3-6-10-22)31(28(33)34)19-23-11-7-4-8-12-23/h3-16,21,26-27,32H,17-20H2,1-2H3,(H,33,34)/t26?,27-/m1/s1. The van der Waals surface area contributed by atoms with Gasteiger partial charge < -0.3 is 10.2 Å². The molecule has 37 heavy (non-hydrogen) atoms. The Morgan fingerprint density at radius 1 is 0.865 bits per heavy atom. The fourth-order valence-corrected chi connectivity index (χ4v) is 5.80. The van der Waals surface area contributed by atoms with Gasteiger partial charge in [0.15, 0.2) is 0 Å². The number of amides is 1.